The van der Waals surface area contributed by atoms with Crippen LogP contribution in [0.5, 0.6) is 0 Å². The first-order valence-corrected chi connectivity index (χ1v) is 7.00. The van der Waals surface area contributed by atoms with Crippen LogP contribution in [0.25, 0.3) is 0 Å². The number of likely N-dealkylation sites (tertiary alicyclic amines) is 1. The Labute approximate surface area is 111 Å². The van der Waals surface area contributed by atoms with Crippen LogP contribution in [-0.4, -0.2) is 30.0 Å². The molecule has 2 rings (SSSR count). The Morgan fingerprint density at radius 3 is 2.89 bits per heavy atom. The van der Waals surface area contributed by atoms with E-state index in [0.29, 0.717) is 6.04 Å². The standard InChI is InChI=1S/C15H25N3/c1-11(2)10-18-7-5-6-14(18)13-8-12(3)15(16-4)17-9-13/h8-9,11,14H,5-7,10H2,1-4H3,(H,16,17)/t14-/m1/s1. The van der Waals surface area contributed by atoms with Gasteiger partial charge in [-0.3, -0.25) is 4.90 Å². The number of pyridine rings is 1. The van der Waals surface area contributed by atoms with Crippen LogP contribution < -0.4 is 5.32 Å². The van der Waals surface area contributed by atoms with E-state index in [1.807, 2.05) is 13.2 Å². The zero-order valence-corrected chi connectivity index (χ0v) is 12.0. The fourth-order valence-electron chi connectivity index (χ4n) is 2.93. The number of nitrogens with zero attached hydrogens (tertiary/aromatic N) is 2. The largest absolute Gasteiger partial charge is 0.373 e. The van der Waals surface area contributed by atoms with E-state index in [4.69, 9.17) is 0 Å². The number of aryl methyl sites for hydroxylation is 1. The van der Waals surface area contributed by atoms with Crippen LogP contribution in [0.15, 0.2) is 12.3 Å². The van der Waals surface area contributed by atoms with Crippen LogP contribution in [0.3, 0.4) is 0 Å². The van der Waals surface area contributed by atoms with Crippen LogP contribution >= 0.6 is 0 Å². The predicted octanol–water partition coefficient (Wildman–Crippen LogP) is 3.22. The number of nitrogens with one attached hydrogen (secondary N) is 1. The molecule has 1 saturated heterocycles. The summed E-state index contributed by atoms with van der Waals surface area (Å²) < 4.78 is 0. The van der Waals surface area contributed by atoms with Crippen molar-refractivity contribution in [2.45, 2.75) is 39.7 Å². The molecule has 1 aliphatic heterocycles. The number of hydrogen-bond acceptors (Lipinski definition) is 3. The summed E-state index contributed by atoms with van der Waals surface area (Å²) in [5.74, 6) is 1.73. The molecule has 0 saturated carbocycles. The second-order valence-corrected chi connectivity index (χ2v) is 5.73. The van der Waals surface area contributed by atoms with Gasteiger partial charge >= 0.3 is 0 Å². The minimum absolute atomic E-state index is 0.574. The van der Waals surface area contributed by atoms with E-state index in [2.05, 4.69) is 42.0 Å². The lowest BCUT2D eigenvalue weighted by molar-refractivity contribution is 0.228. The van der Waals surface area contributed by atoms with Gasteiger partial charge < -0.3 is 5.32 Å². The maximum absolute atomic E-state index is 4.52. The van der Waals surface area contributed by atoms with Gasteiger partial charge in [0.15, 0.2) is 0 Å². The molecule has 1 atom stereocenters. The normalized spacial score (nSPS) is 20.6. The van der Waals surface area contributed by atoms with Crippen LogP contribution in [0.4, 0.5) is 5.82 Å². The molecule has 1 aliphatic rings. The molecule has 0 radical (unpaired) electrons. The molecule has 3 heteroatoms. The summed E-state index contributed by atoms with van der Waals surface area (Å²) in [6.45, 7) is 9.14. The van der Waals surface area contributed by atoms with Crippen LogP contribution in [0, 0.1) is 12.8 Å². The maximum Gasteiger partial charge on any atom is 0.128 e. The Kier molecular flexibility index (Phi) is 4.23. The molecule has 0 bridgehead atoms. The summed E-state index contributed by atoms with van der Waals surface area (Å²) in [5, 5.41) is 3.13. The molecule has 0 amide bonds. The fraction of sp³-hybridized carbons (Fsp3) is 0.667. The second kappa shape index (κ2) is 5.70. The molecule has 100 valence electrons. The molecular weight excluding hydrogens is 222 g/mol. The van der Waals surface area contributed by atoms with Crippen molar-refractivity contribution >= 4 is 5.82 Å². The van der Waals surface area contributed by atoms with Gasteiger partial charge in [-0.05, 0) is 49.4 Å². The molecule has 0 aliphatic carbocycles. The number of rotatable bonds is 4. The van der Waals surface area contributed by atoms with Gasteiger partial charge in [-0.2, -0.15) is 0 Å². The van der Waals surface area contributed by atoms with E-state index < -0.39 is 0 Å². The highest BCUT2D eigenvalue weighted by molar-refractivity contribution is 5.44. The summed E-state index contributed by atoms with van der Waals surface area (Å²) >= 11 is 0. The third-order valence-electron chi connectivity index (χ3n) is 3.68. The minimum Gasteiger partial charge on any atom is -0.373 e. The maximum atomic E-state index is 4.52. The Morgan fingerprint density at radius 1 is 1.50 bits per heavy atom. The SMILES string of the molecule is CNc1ncc([C@H]2CCCN2CC(C)C)cc1C. The number of aromatic nitrogens is 1. The van der Waals surface area contributed by atoms with Crippen LogP contribution in [0.1, 0.15) is 43.9 Å². The molecule has 3 nitrogen and oxygen atoms in total. The number of anilines is 1. The van der Waals surface area contributed by atoms with Gasteiger partial charge in [0.25, 0.3) is 0 Å². The van der Waals surface area contributed by atoms with E-state index >= 15 is 0 Å². The first-order valence-electron chi connectivity index (χ1n) is 7.00. The molecule has 1 N–H and O–H groups in total. The molecule has 1 aromatic rings. The lowest BCUT2D eigenvalue weighted by Gasteiger charge is -2.26. The highest BCUT2D eigenvalue weighted by atomic mass is 15.2. The van der Waals surface area contributed by atoms with Crippen molar-refractivity contribution < 1.29 is 0 Å². The molecule has 0 spiro atoms. The van der Waals surface area contributed by atoms with Crippen molar-refractivity contribution in [1.82, 2.24) is 9.88 Å². The highest BCUT2D eigenvalue weighted by Gasteiger charge is 2.26. The van der Waals surface area contributed by atoms with E-state index in [-0.39, 0.29) is 0 Å². The monoisotopic (exact) mass is 247 g/mol. The number of hydrogen-bond donors (Lipinski definition) is 1. The quantitative estimate of drug-likeness (QED) is 0.885. The molecule has 0 aromatic carbocycles. The van der Waals surface area contributed by atoms with Gasteiger partial charge in [0.2, 0.25) is 0 Å². The Morgan fingerprint density at radius 2 is 2.28 bits per heavy atom. The molecule has 18 heavy (non-hydrogen) atoms. The topological polar surface area (TPSA) is 28.2 Å². The first-order chi connectivity index (χ1) is 8.61. The van der Waals surface area contributed by atoms with Gasteiger partial charge in [0.1, 0.15) is 5.82 Å². The first kappa shape index (κ1) is 13.3. The van der Waals surface area contributed by atoms with Crippen molar-refractivity contribution in [3.8, 4) is 0 Å². The average molecular weight is 247 g/mol. The lowest BCUT2D eigenvalue weighted by Crippen LogP contribution is -2.27. The summed E-state index contributed by atoms with van der Waals surface area (Å²) in [6, 6.07) is 2.87. The van der Waals surface area contributed by atoms with E-state index in [0.717, 1.165) is 11.7 Å². The Bertz CT molecular complexity index is 401. The summed E-state index contributed by atoms with van der Waals surface area (Å²) in [5.41, 5.74) is 2.62. The van der Waals surface area contributed by atoms with Crippen molar-refractivity contribution in [3.63, 3.8) is 0 Å². The molecule has 1 aromatic heterocycles. The van der Waals surface area contributed by atoms with E-state index in [1.54, 1.807) is 0 Å². The third-order valence-corrected chi connectivity index (χ3v) is 3.68. The summed E-state index contributed by atoms with van der Waals surface area (Å²) in [7, 11) is 1.93. The van der Waals surface area contributed by atoms with Crippen LogP contribution in [0.2, 0.25) is 0 Å². The molecule has 1 fully saturated rings. The minimum atomic E-state index is 0.574. The summed E-state index contributed by atoms with van der Waals surface area (Å²) in [6.07, 6.45) is 4.62. The predicted molar refractivity (Wildman–Crippen MR) is 76.9 cm³/mol. The van der Waals surface area contributed by atoms with E-state index in [1.165, 1.54) is 37.1 Å². The zero-order valence-electron chi connectivity index (χ0n) is 12.0. The van der Waals surface area contributed by atoms with Gasteiger partial charge in [0.05, 0.1) is 0 Å². The highest BCUT2D eigenvalue weighted by Crippen LogP contribution is 2.33. The van der Waals surface area contributed by atoms with Crippen molar-refractivity contribution in [1.29, 1.82) is 0 Å². The van der Waals surface area contributed by atoms with Gasteiger partial charge in [-0.1, -0.05) is 13.8 Å². The van der Waals surface area contributed by atoms with Gasteiger partial charge in [0, 0.05) is 25.8 Å². The lowest BCUT2D eigenvalue weighted by atomic mass is 10.0. The van der Waals surface area contributed by atoms with Crippen molar-refractivity contribution in [2.75, 3.05) is 25.5 Å². The van der Waals surface area contributed by atoms with Gasteiger partial charge in [-0.15, -0.1) is 0 Å². The second-order valence-electron chi connectivity index (χ2n) is 5.73. The van der Waals surface area contributed by atoms with Crippen molar-refractivity contribution in [3.05, 3.63) is 23.4 Å². The van der Waals surface area contributed by atoms with E-state index in [9.17, 15) is 0 Å². The molecule has 2 heterocycles. The van der Waals surface area contributed by atoms with Crippen LogP contribution in [-0.2, 0) is 0 Å². The molecular formula is C15H25N3. The Balaban J connectivity index is 2.17. The zero-order chi connectivity index (χ0) is 13.1. The third kappa shape index (κ3) is 2.83. The molecule has 0 unspecified atom stereocenters. The van der Waals surface area contributed by atoms with Crippen molar-refractivity contribution in [2.24, 2.45) is 5.92 Å². The van der Waals surface area contributed by atoms with Gasteiger partial charge in [-0.25, -0.2) is 4.98 Å². The Hall–Kier alpha value is -1.09. The summed E-state index contributed by atoms with van der Waals surface area (Å²) in [4.78, 5) is 7.13. The smallest absolute Gasteiger partial charge is 0.128 e. The average Bonchev–Trinajstić information content (AvgIpc) is 2.76. The fourth-order valence-corrected chi connectivity index (χ4v) is 2.93.